The monoisotopic (exact) mass is 311 g/mol. The molecule has 0 aliphatic rings. The SMILES string of the molecule is O=[N+]([O-])c1nn(C[B-](F)(F)F)cc1Br.[K+]. The maximum atomic E-state index is 11.9. The van der Waals surface area contributed by atoms with Gasteiger partial charge in [0.2, 0.25) is 0 Å². The third-order valence-corrected chi connectivity index (χ3v) is 1.83. The fraction of sp³-hybridized carbons (Fsp3) is 0.250. The van der Waals surface area contributed by atoms with E-state index in [2.05, 4.69) is 21.0 Å². The Labute approximate surface area is 133 Å². The van der Waals surface area contributed by atoms with Crippen molar-refractivity contribution < 1.29 is 69.3 Å². The van der Waals surface area contributed by atoms with Gasteiger partial charge in [-0.3, -0.25) is 0 Å². The van der Waals surface area contributed by atoms with E-state index in [0.29, 0.717) is 4.68 Å². The molecule has 5 nitrogen and oxygen atoms in total. The molecule has 0 radical (unpaired) electrons. The van der Waals surface area contributed by atoms with E-state index >= 15 is 0 Å². The van der Waals surface area contributed by atoms with Crippen LogP contribution in [-0.2, 0) is 6.44 Å². The van der Waals surface area contributed by atoms with E-state index in [4.69, 9.17) is 0 Å². The summed E-state index contributed by atoms with van der Waals surface area (Å²) in [6, 6.07) is 0. The van der Waals surface area contributed by atoms with Gasteiger partial charge in [0.15, 0.2) is 0 Å². The first-order valence-electron chi connectivity index (χ1n) is 3.38. The average Bonchev–Trinajstić information content (AvgIpc) is 2.26. The Hall–Kier alpha value is 0.581. The van der Waals surface area contributed by atoms with Gasteiger partial charge in [-0.1, -0.05) is 0 Å². The van der Waals surface area contributed by atoms with Crippen molar-refractivity contribution in [2.45, 2.75) is 6.44 Å². The molecule has 0 aromatic carbocycles. The van der Waals surface area contributed by atoms with Crippen LogP contribution in [0.1, 0.15) is 0 Å². The van der Waals surface area contributed by atoms with Crippen molar-refractivity contribution in [3.63, 3.8) is 0 Å². The largest absolute Gasteiger partial charge is 1.00 e. The molecule has 0 unspecified atom stereocenters. The molecule has 0 N–H and O–H groups in total. The van der Waals surface area contributed by atoms with Crippen LogP contribution in [-0.4, -0.2) is 21.7 Å². The van der Waals surface area contributed by atoms with Crippen molar-refractivity contribution in [1.82, 2.24) is 9.78 Å². The van der Waals surface area contributed by atoms with E-state index in [1.807, 2.05) is 0 Å². The van der Waals surface area contributed by atoms with Gasteiger partial charge < -0.3 is 23.1 Å². The fourth-order valence-electron chi connectivity index (χ4n) is 0.816. The second-order valence-electron chi connectivity index (χ2n) is 2.49. The molecule has 0 spiro atoms. The Morgan fingerprint density at radius 2 is 2.13 bits per heavy atom. The van der Waals surface area contributed by atoms with Crippen LogP contribution in [0.2, 0.25) is 0 Å². The van der Waals surface area contributed by atoms with Gasteiger partial charge >= 0.3 is 64.2 Å². The Kier molecular flexibility index (Phi) is 6.00. The van der Waals surface area contributed by atoms with E-state index in [-0.39, 0.29) is 55.9 Å². The average molecular weight is 312 g/mol. The number of hydrogen-bond acceptors (Lipinski definition) is 3. The van der Waals surface area contributed by atoms with Crippen molar-refractivity contribution in [3.05, 3.63) is 20.8 Å². The summed E-state index contributed by atoms with van der Waals surface area (Å²) >= 11 is 2.74. The molecule has 0 aliphatic heterocycles. The van der Waals surface area contributed by atoms with Crippen molar-refractivity contribution in [2.75, 3.05) is 0 Å². The molecule has 0 saturated heterocycles. The molecule has 1 aromatic rings. The number of aromatic nitrogens is 2. The molecule has 0 atom stereocenters. The van der Waals surface area contributed by atoms with Gasteiger partial charge in [-0.2, -0.15) is 0 Å². The van der Waals surface area contributed by atoms with Gasteiger partial charge in [0.25, 0.3) is 0 Å². The molecule has 0 amide bonds. The van der Waals surface area contributed by atoms with E-state index in [0.717, 1.165) is 6.20 Å². The summed E-state index contributed by atoms with van der Waals surface area (Å²) in [5.41, 5.74) is 0. The minimum Gasteiger partial charge on any atom is -0.448 e. The topological polar surface area (TPSA) is 61.0 Å². The van der Waals surface area contributed by atoms with Crippen molar-refractivity contribution in [2.24, 2.45) is 0 Å². The third kappa shape index (κ3) is 4.96. The van der Waals surface area contributed by atoms with Crippen LogP contribution < -0.4 is 51.4 Å². The molecule has 0 fully saturated rings. The maximum absolute atomic E-state index is 11.9. The van der Waals surface area contributed by atoms with Crippen LogP contribution in [0.25, 0.3) is 0 Å². The minimum atomic E-state index is -5.05. The summed E-state index contributed by atoms with van der Waals surface area (Å²) in [7, 11) is 0. The number of nitro groups is 1. The Morgan fingerprint density at radius 3 is 2.47 bits per heavy atom. The van der Waals surface area contributed by atoms with Crippen LogP contribution >= 0.6 is 15.9 Å². The Morgan fingerprint density at radius 1 is 1.60 bits per heavy atom. The van der Waals surface area contributed by atoms with Crippen LogP contribution in [0.15, 0.2) is 10.7 Å². The van der Waals surface area contributed by atoms with Crippen molar-refractivity contribution in [1.29, 1.82) is 0 Å². The molecule has 15 heavy (non-hydrogen) atoms. The van der Waals surface area contributed by atoms with Crippen LogP contribution in [0.4, 0.5) is 18.8 Å². The van der Waals surface area contributed by atoms with Crippen molar-refractivity contribution >= 4 is 28.7 Å². The zero-order valence-electron chi connectivity index (χ0n) is 7.53. The second-order valence-corrected chi connectivity index (χ2v) is 3.34. The van der Waals surface area contributed by atoms with Gasteiger partial charge in [0.05, 0.1) is 11.3 Å². The third-order valence-electron chi connectivity index (χ3n) is 1.27. The molecular formula is C4H3BBrF3KN3O2. The number of halogens is 4. The Bertz CT molecular complexity index is 371. The summed E-state index contributed by atoms with van der Waals surface area (Å²) in [5, 5.41) is 13.4. The smallest absolute Gasteiger partial charge is 0.448 e. The van der Waals surface area contributed by atoms with E-state index in [9.17, 15) is 23.1 Å². The first-order valence-corrected chi connectivity index (χ1v) is 4.17. The molecule has 1 aromatic heterocycles. The summed E-state index contributed by atoms with van der Waals surface area (Å²) in [6.07, 6.45) is -0.361. The number of hydrogen-bond donors (Lipinski definition) is 0. The summed E-state index contributed by atoms with van der Waals surface area (Å²) in [4.78, 5) is 9.37. The first-order chi connectivity index (χ1) is 6.29. The molecule has 1 rings (SSSR count). The van der Waals surface area contributed by atoms with Gasteiger partial charge in [0, 0.05) is 6.44 Å². The van der Waals surface area contributed by atoms with Crippen LogP contribution in [0.5, 0.6) is 0 Å². The van der Waals surface area contributed by atoms with Gasteiger partial charge in [-0.15, -0.1) is 0 Å². The minimum absolute atomic E-state index is 0. The van der Waals surface area contributed by atoms with Crippen molar-refractivity contribution in [3.8, 4) is 0 Å². The van der Waals surface area contributed by atoms with Gasteiger partial charge in [-0.05, 0) is 20.9 Å². The van der Waals surface area contributed by atoms with Crippen LogP contribution in [0, 0.1) is 10.1 Å². The van der Waals surface area contributed by atoms with Gasteiger partial charge in [0.1, 0.15) is 4.47 Å². The Balaban J connectivity index is 0.00000196. The summed E-state index contributed by atoms with van der Waals surface area (Å²) in [5.74, 6) is -0.620. The predicted octanol–water partition coefficient (Wildman–Crippen LogP) is -1.06. The van der Waals surface area contributed by atoms with E-state index < -0.39 is 24.2 Å². The van der Waals surface area contributed by atoms with Gasteiger partial charge in [-0.25, -0.2) is 4.68 Å². The molecule has 0 aliphatic carbocycles. The summed E-state index contributed by atoms with van der Waals surface area (Å²) < 4.78 is 36.1. The zero-order chi connectivity index (χ0) is 10.9. The first kappa shape index (κ1) is 15.6. The predicted molar refractivity (Wildman–Crippen MR) is 45.7 cm³/mol. The van der Waals surface area contributed by atoms with Crippen LogP contribution in [0.3, 0.4) is 0 Å². The van der Waals surface area contributed by atoms with E-state index in [1.165, 1.54) is 0 Å². The standard InChI is InChI=1S/C4H3BBrF3N3O2.K/c6-3-1-11(2-5(7,8)9)10-4(3)12(13)14;/h1H,2H2;/q-1;+1. The number of nitrogens with zero attached hydrogens (tertiary/aromatic N) is 3. The quantitative estimate of drug-likeness (QED) is 0.406. The molecule has 11 heteroatoms. The zero-order valence-corrected chi connectivity index (χ0v) is 12.2. The molecule has 78 valence electrons. The molecular weight excluding hydrogens is 309 g/mol. The maximum Gasteiger partial charge on any atom is 1.00 e. The normalized spacial score (nSPS) is 10.9. The second kappa shape index (κ2) is 5.77. The molecule has 0 saturated carbocycles. The van der Waals surface area contributed by atoms with E-state index in [1.54, 1.807) is 0 Å². The fourth-order valence-corrected chi connectivity index (χ4v) is 1.28. The number of rotatable bonds is 3. The molecule has 1 heterocycles. The molecule has 0 bridgehead atoms. The summed E-state index contributed by atoms with van der Waals surface area (Å²) in [6.45, 7) is -5.05.